The van der Waals surface area contributed by atoms with Gasteiger partial charge in [-0.05, 0) is 76.6 Å². The molecule has 0 N–H and O–H groups in total. The Morgan fingerprint density at radius 2 is 1.86 bits per heavy atom. The number of carbonyl (C=O) groups is 1. The van der Waals surface area contributed by atoms with Crippen LogP contribution in [0.1, 0.15) is 63.0 Å². The van der Waals surface area contributed by atoms with Crippen LogP contribution in [0.4, 0.5) is 0 Å². The van der Waals surface area contributed by atoms with Crippen molar-refractivity contribution in [1.29, 1.82) is 0 Å². The number of hydrogen-bond acceptors (Lipinski definition) is 3. The van der Waals surface area contributed by atoms with Gasteiger partial charge >= 0.3 is 0 Å². The lowest BCUT2D eigenvalue weighted by Crippen LogP contribution is -2.42. The van der Waals surface area contributed by atoms with Crippen molar-refractivity contribution < 1.29 is 9.53 Å². The topological polar surface area (TPSA) is 37.7 Å². The summed E-state index contributed by atoms with van der Waals surface area (Å²) in [6.45, 7) is 10.7. The van der Waals surface area contributed by atoms with Crippen LogP contribution in [0.15, 0.2) is 24.3 Å². The number of likely N-dealkylation sites (tertiary alicyclic amines) is 1. The molecule has 1 atom stereocenters. The first kappa shape index (κ1) is 19.0. The first-order chi connectivity index (χ1) is 14.0. The first-order valence-corrected chi connectivity index (χ1v) is 11.3. The third kappa shape index (κ3) is 3.65. The van der Waals surface area contributed by atoms with Crippen LogP contribution < -0.4 is 4.74 Å². The molecule has 1 saturated heterocycles. The first-order valence-electron chi connectivity index (χ1n) is 11.3. The molecule has 1 saturated carbocycles. The van der Waals surface area contributed by atoms with Crippen LogP contribution in [-0.2, 0) is 0 Å². The maximum atomic E-state index is 13.1. The van der Waals surface area contributed by atoms with Crippen LogP contribution in [0, 0.1) is 5.92 Å². The number of benzene rings is 1. The van der Waals surface area contributed by atoms with Gasteiger partial charge in [-0.1, -0.05) is 0 Å². The Balaban J connectivity index is 1.34. The molecule has 2 fully saturated rings. The molecule has 156 valence electrons. The van der Waals surface area contributed by atoms with E-state index in [0.29, 0.717) is 12.1 Å². The van der Waals surface area contributed by atoms with Crippen molar-refractivity contribution in [1.82, 2.24) is 14.4 Å². The fourth-order valence-corrected chi connectivity index (χ4v) is 5.04. The summed E-state index contributed by atoms with van der Waals surface area (Å²) in [6.07, 6.45) is 4.99. The van der Waals surface area contributed by atoms with Crippen LogP contribution in [0.2, 0.25) is 0 Å². The average molecular weight is 396 g/mol. The Labute approximate surface area is 173 Å². The summed E-state index contributed by atoms with van der Waals surface area (Å²) in [5, 5.41) is 1.12. The van der Waals surface area contributed by atoms with Gasteiger partial charge in [0.1, 0.15) is 17.5 Å². The summed E-state index contributed by atoms with van der Waals surface area (Å²) in [4.78, 5) is 17.6. The highest BCUT2D eigenvalue weighted by molar-refractivity contribution is 6.00. The molecule has 5 heteroatoms. The molecular weight excluding hydrogens is 362 g/mol. The van der Waals surface area contributed by atoms with Gasteiger partial charge in [-0.15, -0.1) is 0 Å². The van der Waals surface area contributed by atoms with Crippen molar-refractivity contribution in [3.63, 3.8) is 0 Å². The maximum absolute atomic E-state index is 13.1. The van der Waals surface area contributed by atoms with E-state index in [0.717, 1.165) is 67.3 Å². The lowest BCUT2D eigenvalue weighted by molar-refractivity contribution is 0.0670. The van der Waals surface area contributed by atoms with Crippen LogP contribution in [-0.4, -0.2) is 58.6 Å². The number of carbonyl (C=O) groups excluding carboxylic acids is 1. The number of ether oxygens (including phenoxy) is 1. The molecular formula is C24H33N3O2. The number of hydrogen-bond donors (Lipinski definition) is 0. The fourth-order valence-electron chi connectivity index (χ4n) is 5.04. The van der Waals surface area contributed by atoms with E-state index in [9.17, 15) is 4.79 Å². The standard InChI is InChI=1S/C24H33N3O2/c1-16(2)25-10-8-20(9-11-25)29-21-6-7-22-19(12-21)13-23-24(28)26(15-18-4-5-18)14-17(3)27(22)23/h6-7,12-13,16-18,20H,4-5,8-11,14-15H2,1-3H3/t17-/m0/s1. The molecule has 0 spiro atoms. The molecule has 1 aromatic carbocycles. The highest BCUT2D eigenvalue weighted by Gasteiger charge is 2.34. The Kier molecular flexibility index (Phi) is 4.81. The van der Waals surface area contributed by atoms with Gasteiger partial charge in [0.2, 0.25) is 0 Å². The van der Waals surface area contributed by atoms with Gasteiger partial charge < -0.3 is 19.1 Å². The Morgan fingerprint density at radius 3 is 2.55 bits per heavy atom. The lowest BCUT2D eigenvalue weighted by Gasteiger charge is -2.34. The third-order valence-electron chi connectivity index (χ3n) is 6.93. The van der Waals surface area contributed by atoms with E-state index >= 15 is 0 Å². The molecule has 2 aromatic rings. The quantitative estimate of drug-likeness (QED) is 0.757. The number of rotatable bonds is 5. The Hall–Kier alpha value is -2.01. The zero-order valence-electron chi connectivity index (χ0n) is 17.9. The fraction of sp³-hybridized carbons (Fsp3) is 0.625. The van der Waals surface area contributed by atoms with E-state index in [4.69, 9.17) is 4.74 Å². The molecule has 3 aliphatic rings. The van der Waals surface area contributed by atoms with E-state index in [1.165, 1.54) is 12.8 Å². The van der Waals surface area contributed by atoms with Gasteiger partial charge in [-0.2, -0.15) is 0 Å². The molecule has 0 bridgehead atoms. The van der Waals surface area contributed by atoms with Crippen LogP contribution in [0.3, 0.4) is 0 Å². The molecule has 0 radical (unpaired) electrons. The lowest BCUT2D eigenvalue weighted by atomic mass is 10.1. The highest BCUT2D eigenvalue weighted by Crippen LogP contribution is 2.35. The van der Waals surface area contributed by atoms with Crippen LogP contribution in [0.5, 0.6) is 5.75 Å². The van der Waals surface area contributed by atoms with Crippen molar-refractivity contribution in [3.8, 4) is 5.75 Å². The van der Waals surface area contributed by atoms with Gasteiger partial charge in [0.15, 0.2) is 0 Å². The van der Waals surface area contributed by atoms with Gasteiger partial charge in [-0.25, -0.2) is 0 Å². The zero-order chi connectivity index (χ0) is 20.1. The van der Waals surface area contributed by atoms with Crippen LogP contribution in [0.25, 0.3) is 10.9 Å². The van der Waals surface area contributed by atoms with Crippen molar-refractivity contribution >= 4 is 16.8 Å². The number of aromatic nitrogens is 1. The normalized spacial score (nSPS) is 23.8. The summed E-state index contributed by atoms with van der Waals surface area (Å²) < 4.78 is 8.56. The second-order valence-electron chi connectivity index (χ2n) is 9.57. The van der Waals surface area contributed by atoms with E-state index in [1.807, 2.05) is 0 Å². The molecule has 0 unspecified atom stereocenters. The number of piperidine rings is 1. The molecule has 1 aliphatic carbocycles. The zero-order valence-corrected chi connectivity index (χ0v) is 17.9. The summed E-state index contributed by atoms with van der Waals surface area (Å²) in [5.74, 6) is 1.84. The number of fused-ring (bicyclic) bond motifs is 3. The van der Waals surface area contributed by atoms with Crippen molar-refractivity contribution in [2.75, 3.05) is 26.2 Å². The minimum atomic E-state index is 0.190. The summed E-state index contributed by atoms with van der Waals surface area (Å²) >= 11 is 0. The smallest absolute Gasteiger partial charge is 0.270 e. The number of nitrogens with zero attached hydrogens (tertiary/aromatic N) is 3. The van der Waals surface area contributed by atoms with Gasteiger partial charge in [0.05, 0.1) is 0 Å². The van der Waals surface area contributed by atoms with Gasteiger partial charge in [-0.3, -0.25) is 4.79 Å². The Bertz CT molecular complexity index is 906. The van der Waals surface area contributed by atoms with E-state index in [1.54, 1.807) is 0 Å². The molecule has 1 aromatic heterocycles. The second-order valence-corrected chi connectivity index (χ2v) is 9.57. The highest BCUT2D eigenvalue weighted by atomic mass is 16.5. The third-order valence-corrected chi connectivity index (χ3v) is 6.93. The summed E-state index contributed by atoms with van der Waals surface area (Å²) in [7, 11) is 0. The summed E-state index contributed by atoms with van der Waals surface area (Å²) in [5.41, 5.74) is 1.98. The number of amides is 1. The SMILES string of the molecule is CC(C)N1CCC(Oc2ccc3c(c2)cc2n3[C@@H](C)CN(CC3CC3)C2=O)CC1. The van der Waals surface area contributed by atoms with E-state index in [2.05, 4.69) is 59.4 Å². The molecule has 1 amide bonds. The minimum absolute atomic E-state index is 0.190. The van der Waals surface area contributed by atoms with Crippen molar-refractivity contribution in [2.45, 2.75) is 64.6 Å². The molecule has 5 rings (SSSR count). The Morgan fingerprint density at radius 1 is 1.10 bits per heavy atom. The maximum Gasteiger partial charge on any atom is 0.270 e. The molecule has 5 nitrogen and oxygen atoms in total. The predicted molar refractivity (Wildman–Crippen MR) is 116 cm³/mol. The molecule has 29 heavy (non-hydrogen) atoms. The molecule has 3 heterocycles. The monoisotopic (exact) mass is 395 g/mol. The average Bonchev–Trinajstić information content (AvgIpc) is 3.43. The van der Waals surface area contributed by atoms with E-state index < -0.39 is 0 Å². The largest absolute Gasteiger partial charge is 0.490 e. The van der Waals surface area contributed by atoms with Crippen molar-refractivity contribution in [2.24, 2.45) is 5.92 Å². The van der Waals surface area contributed by atoms with E-state index in [-0.39, 0.29) is 12.0 Å². The minimum Gasteiger partial charge on any atom is -0.490 e. The summed E-state index contributed by atoms with van der Waals surface area (Å²) in [6, 6.07) is 9.34. The second kappa shape index (κ2) is 7.35. The molecule has 2 aliphatic heterocycles. The van der Waals surface area contributed by atoms with Crippen molar-refractivity contribution in [3.05, 3.63) is 30.0 Å². The predicted octanol–water partition coefficient (Wildman–Crippen LogP) is 4.32. The van der Waals surface area contributed by atoms with Gasteiger partial charge in [0.25, 0.3) is 5.91 Å². The van der Waals surface area contributed by atoms with Crippen LogP contribution >= 0.6 is 0 Å². The van der Waals surface area contributed by atoms with Gasteiger partial charge in [0, 0.05) is 49.2 Å².